The lowest BCUT2D eigenvalue weighted by Gasteiger charge is -2.07. The maximum absolute atomic E-state index is 11.0. The number of hydrogen-bond acceptors (Lipinski definition) is 3. The highest BCUT2D eigenvalue weighted by molar-refractivity contribution is 5.77. The van der Waals surface area contributed by atoms with E-state index in [1.807, 2.05) is 24.3 Å². The standard InChI is InChI=1S/C13H20N2O2/c1-3-8-17-12-6-4-11(5-7-12)9-15-10-13(16)14-2/h4-7,15H,3,8-10H2,1-2H3,(H,14,16). The molecule has 4 nitrogen and oxygen atoms in total. The van der Waals surface area contributed by atoms with Crippen LogP contribution < -0.4 is 15.4 Å². The summed E-state index contributed by atoms with van der Waals surface area (Å²) in [5, 5.41) is 5.62. The molecule has 2 N–H and O–H groups in total. The maximum atomic E-state index is 11.0. The van der Waals surface area contributed by atoms with Gasteiger partial charge in [0.25, 0.3) is 0 Å². The van der Waals surface area contributed by atoms with Crippen LogP contribution in [0.3, 0.4) is 0 Å². The SMILES string of the molecule is CCCOc1ccc(CNCC(=O)NC)cc1. The van der Waals surface area contributed by atoms with E-state index in [1.165, 1.54) is 0 Å². The molecule has 0 atom stereocenters. The largest absolute Gasteiger partial charge is 0.494 e. The smallest absolute Gasteiger partial charge is 0.233 e. The van der Waals surface area contributed by atoms with Gasteiger partial charge in [0.1, 0.15) is 5.75 Å². The predicted octanol–water partition coefficient (Wildman–Crippen LogP) is 1.31. The lowest BCUT2D eigenvalue weighted by molar-refractivity contribution is -0.119. The first-order valence-electron chi connectivity index (χ1n) is 5.89. The topological polar surface area (TPSA) is 50.4 Å². The first-order valence-corrected chi connectivity index (χ1v) is 5.89. The number of carbonyl (C=O) groups is 1. The van der Waals surface area contributed by atoms with E-state index in [9.17, 15) is 4.79 Å². The molecule has 1 aromatic rings. The van der Waals surface area contributed by atoms with Crippen molar-refractivity contribution in [1.82, 2.24) is 10.6 Å². The van der Waals surface area contributed by atoms with Crippen molar-refractivity contribution >= 4 is 5.91 Å². The first kappa shape index (κ1) is 13.5. The summed E-state index contributed by atoms with van der Waals surface area (Å²) in [4.78, 5) is 11.0. The summed E-state index contributed by atoms with van der Waals surface area (Å²) >= 11 is 0. The summed E-state index contributed by atoms with van der Waals surface area (Å²) in [7, 11) is 1.63. The molecule has 0 aliphatic rings. The second-order valence-electron chi connectivity index (χ2n) is 3.77. The van der Waals surface area contributed by atoms with E-state index in [0.29, 0.717) is 13.1 Å². The summed E-state index contributed by atoms with van der Waals surface area (Å²) in [6.45, 7) is 3.84. The van der Waals surface area contributed by atoms with E-state index in [1.54, 1.807) is 7.05 Å². The van der Waals surface area contributed by atoms with E-state index >= 15 is 0 Å². The predicted molar refractivity (Wildman–Crippen MR) is 68.0 cm³/mol. The van der Waals surface area contributed by atoms with Crippen LogP contribution in [0.4, 0.5) is 0 Å². The molecule has 1 aromatic carbocycles. The van der Waals surface area contributed by atoms with E-state index in [2.05, 4.69) is 17.6 Å². The highest BCUT2D eigenvalue weighted by Gasteiger charge is 1.98. The number of amides is 1. The lowest BCUT2D eigenvalue weighted by atomic mass is 10.2. The Morgan fingerprint density at radius 2 is 2.00 bits per heavy atom. The third-order valence-electron chi connectivity index (χ3n) is 2.29. The molecule has 0 saturated carbocycles. The number of nitrogens with one attached hydrogen (secondary N) is 2. The van der Waals surface area contributed by atoms with Gasteiger partial charge in [0, 0.05) is 13.6 Å². The molecule has 0 aliphatic heterocycles. The van der Waals surface area contributed by atoms with Crippen molar-refractivity contribution in [2.24, 2.45) is 0 Å². The van der Waals surface area contributed by atoms with Crippen molar-refractivity contribution in [3.05, 3.63) is 29.8 Å². The molecule has 1 rings (SSSR count). The minimum absolute atomic E-state index is 0.00657. The first-order chi connectivity index (χ1) is 8.26. The minimum atomic E-state index is -0.00657. The normalized spacial score (nSPS) is 10.0. The molecule has 0 heterocycles. The van der Waals surface area contributed by atoms with Gasteiger partial charge < -0.3 is 15.4 Å². The Morgan fingerprint density at radius 1 is 1.29 bits per heavy atom. The molecule has 0 saturated heterocycles. The summed E-state index contributed by atoms with van der Waals surface area (Å²) in [5.74, 6) is 0.884. The Balaban J connectivity index is 2.32. The van der Waals surface area contributed by atoms with Gasteiger partial charge in [-0.1, -0.05) is 19.1 Å². The Morgan fingerprint density at radius 3 is 2.59 bits per heavy atom. The van der Waals surface area contributed by atoms with Crippen LogP contribution in [-0.2, 0) is 11.3 Å². The van der Waals surface area contributed by atoms with Gasteiger partial charge in [-0.25, -0.2) is 0 Å². The molecule has 0 bridgehead atoms. The van der Waals surface area contributed by atoms with E-state index < -0.39 is 0 Å². The lowest BCUT2D eigenvalue weighted by Crippen LogP contribution is -2.30. The average Bonchev–Trinajstić information content (AvgIpc) is 2.37. The van der Waals surface area contributed by atoms with Crippen LogP contribution in [0, 0.1) is 0 Å². The van der Waals surface area contributed by atoms with Gasteiger partial charge in [0.15, 0.2) is 0 Å². The third-order valence-corrected chi connectivity index (χ3v) is 2.29. The fourth-order valence-electron chi connectivity index (χ4n) is 1.33. The van der Waals surface area contributed by atoms with Gasteiger partial charge in [-0.3, -0.25) is 4.79 Å². The van der Waals surface area contributed by atoms with Crippen molar-refractivity contribution in [2.75, 3.05) is 20.2 Å². The van der Waals surface area contributed by atoms with Gasteiger partial charge in [-0.2, -0.15) is 0 Å². The maximum Gasteiger partial charge on any atom is 0.233 e. The van der Waals surface area contributed by atoms with Crippen molar-refractivity contribution in [1.29, 1.82) is 0 Å². The van der Waals surface area contributed by atoms with Gasteiger partial charge in [-0.15, -0.1) is 0 Å². The van der Waals surface area contributed by atoms with Crippen LogP contribution in [-0.4, -0.2) is 26.1 Å². The Kier molecular flexibility index (Phi) is 6.10. The van der Waals surface area contributed by atoms with Crippen LogP contribution in [0.15, 0.2) is 24.3 Å². The van der Waals surface area contributed by atoms with Crippen LogP contribution in [0.1, 0.15) is 18.9 Å². The fraction of sp³-hybridized carbons (Fsp3) is 0.462. The second kappa shape index (κ2) is 7.68. The number of ether oxygens (including phenoxy) is 1. The zero-order valence-electron chi connectivity index (χ0n) is 10.5. The fourth-order valence-corrected chi connectivity index (χ4v) is 1.33. The number of carbonyl (C=O) groups excluding carboxylic acids is 1. The molecule has 1 amide bonds. The Hall–Kier alpha value is -1.55. The van der Waals surface area contributed by atoms with Gasteiger partial charge in [-0.05, 0) is 24.1 Å². The molecule has 0 unspecified atom stereocenters. The zero-order valence-corrected chi connectivity index (χ0v) is 10.5. The van der Waals surface area contributed by atoms with Crippen LogP contribution in [0.25, 0.3) is 0 Å². The number of hydrogen-bond donors (Lipinski definition) is 2. The number of rotatable bonds is 7. The molecule has 0 radical (unpaired) electrons. The highest BCUT2D eigenvalue weighted by Crippen LogP contribution is 2.12. The van der Waals surface area contributed by atoms with Crippen LogP contribution in [0.5, 0.6) is 5.75 Å². The molecule has 0 aliphatic carbocycles. The van der Waals surface area contributed by atoms with Gasteiger partial charge in [0.05, 0.1) is 13.2 Å². The Labute approximate surface area is 102 Å². The molecule has 94 valence electrons. The molecular weight excluding hydrogens is 216 g/mol. The van der Waals surface area contributed by atoms with Crippen molar-refractivity contribution in [3.8, 4) is 5.75 Å². The molecule has 0 fully saturated rings. The molecular formula is C13H20N2O2. The summed E-state index contributed by atoms with van der Waals surface area (Å²) < 4.78 is 5.49. The molecule has 17 heavy (non-hydrogen) atoms. The van der Waals surface area contributed by atoms with Gasteiger partial charge >= 0.3 is 0 Å². The number of benzene rings is 1. The Bertz CT molecular complexity index is 336. The summed E-state index contributed by atoms with van der Waals surface area (Å²) in [6.07, 6.45) is 1.01. The van der Waals surface area contributed by atoms with Crippen molar-refractivity contribution in [3.63, 3.8) is 0 Å². The van der Waals surface area contributed by atoms with Crippen molar-refractivity contribution in [2.45, 2.75) is 19.9 Å². The quantitative estimate of drug-likeness (QED) is 0.750. The summed E-state index contributed by atoms with van der Waals surface area (Å²) in [6, 6.07) is 7.91. The minimum Gasteiger partial charge on any atom is -0.494 e. The van der Waals surface area contributed by atoms with Crippen LogP contribution in [0.2, 0.25) is 0 Å². The monoisotopic (exact) mass is 236 g/mol. The third kappa shape index (κ3) is 5.36. The average molecular weight is 236 g/mol. The van der Waals surface area contributed by atoms with Crippen molar-refractivity contribution < 1.29 is 9.53 Å². The molecule has 0 aromatic heterocycles. The zero-order chi connectivity index (χ0) is 12.5. The van der Waals surface area contributed by atoms with E-state index in [4.69, 9.17) is 4.74 Å². The summed E-state index contributed by atoms with van der Waals surface area (Å²) in [5.41, 5.74) is 1.14. The number of likely N-dealkylation sites (N-methyl/N-ethyl adjacent to an activating group) is 1. The van der Waals surface area contributed by atoms with Crippen LogP contribution >= 0.6 is 0 Å². The van der Waals surface area contributed by atoms with E-state index in [-0.39, 0.29) is 5.91 Å². The second-order valence-corrected chi connectivity index (χ2v) is 3.77. The highest BCUT2D eigenvalue weighted by atomic mass is 16.5. The van der Waals surface area contributed by atoms with E-state index in [0.717, 1.165) is 24.3 Å². The molecule has 0 spiro atoms. The molecule has 4 heteroatoms. The van der Waals surface area contributed by atoms with Gasteiger partial charge in [0.2, 0.25) is 5.91 Å².